The lowest BCUT2D eigenvalue weighted by Gasteiger charge is -2.36. The highest BCUT2D eigenvalue weighted by Crippen LogP contribution is 2.34. The average molecular weight is 403 g/mol. The molecule has 4 N–H and O–H groups in total. The van der Waals surface area contributed by atoms with Crippen LogP contribution in [-0.4, -0.2) is 34.0 Å². The van der Waals surface area contributed by atoms with Gasteiger partial charge in [-0.25, -0.2) is 10.2 Å². The van der Waals surface area contributed by atoms with Gasteiger partial charge in [-0.1, -0.05) is 54.6 Å². The van der Waals surface area contributed by atoms with Gasteiger partial charge in [0.15, 0.2) is 0 Å². The summed E-state index contributed by atoms with van der Waals surface area (Å²) in [6.07, 6.45) is 2.54. The highest BCUT2D eigenvalue weighted by molar-refractivity contribution is 5.63. The van der Waals surface area contributed by atoms with Gasteiger partial charge in [0.2, 0.25) is 0 Å². The van der Waals surface area contributed by atoms with Crippen molar-refractivity contribution in [3.8, 4) is 11.1 Å². The number of piperidine rings is 1. The van der Waals surface area contributed by atoms with E-state index in [-0.39, 0.29) is 11.6 Å². The van der Waals surface area contributed by atoms with E-state index in [0.717, 1.165) is 19.5 Å². The summed E-state index contributed by atoms with van der Waals surface area (Å²) in [7, 11) is 0. The number of rotatable bonds is 4. The van der Waals surface area contributed by atoms with Crippen molar-refractivity contribution in [3.05, 3.63) is 92.8 Å². The van der Waals surface area contributed by atoms with E-state index in [2.05, 4.69) is 74.3 Å². The molecule has 2 aliphatic heterocycles. The predicted molar refractivity (Wildman–Crippen MR) is 116 cm³/mol. The fourth-order valence-corrected chi connectivity index (χ4v) is 4.66. The van der Waals surface area contributed by atoms with Crippen molar-refractivity contribution in [2.75, 3.05) is 13.1 Å². The van der Waals surface area contributed by atoms with Crippen molar-refractivity contribution in [2.24, 2.45) is 5.92 Å². The molecule has 0 amide bonds. The van der Waals surface area contributed by atoms with E-state index >= 15 is 0 Å². The minimum absolute atomic E-state index is 0.219. The predicted octanol–water partition coefficient (Wildman–Crippen LogP) is 1.77. The van der Waals surface area contributed by atoms with Crippen LogP contribution in [0.4, 0.5) is 0 Å². The Morgan fingerprint density at radius 3 is 2.47 bits per heavy atom. The van der Waals surface area contributed by atoms with E-state index in [1.54, 1.807) is 0 Å². The lowest BCUT2D eigenvalue weighted by molar-refractivity contribution is 0.147. The number of fused-ring (bicyclic) bond motifs is 1. The number of aromatic amines is 2. The molecule has 0 aliphatic carbocycles. The van der Waals surface area contributed by atoms with Crippen molar-refractivity contribution in [2.45, 2.75) is 25.0 Å². The molecule has 7 heteroatoms. The summed E-state index contributed by atoms with van der Waals surface area (Å²) in [6.45, 7) is 2.33. The molecule has 0 bridgehead atoms. The number of H-pyrrole nitrogens is 2. The highest BCUT2D eigenvalue weighted by atomic mass is 16.2. The van der Waals surface area contributed by atoms with Crippen LogP contribution in [0.1, 0.15) is 23.6 Å². The number of likely N-dealkylation sites (tertiary alicyclic amines) is 1. The molecule has 2 saturated heterocycles. The monoisotopic (exact) mass is 403 g/mol. The molecule has 5 rings (SSSR count). The number of benzene rings is 2. The fourth-order valence-electron chi connectivity index (χ4n) is 4.66. The standard InChI is InChI=1S/C23H25N5O2/c29-22-18(12-24-23(30)25-22)13-28-11-10-20-19(14-28)21(27-26-20)17-8-6-16(7-9-17)15-4-2-1-3-5-15/h1-9,12,19-21,26-27H,10-11,13-14H2,(H2,24,25,29,30). The van der Waals surface area contributed by atoms with Crippen molar-refractivity contribution in [1.29, 1.82) is 0 Å². The molecule has 0 radical (unpaired) electrons. The zero-order valence-corrected chi connectivity index (χ0v) is 16.6. The number of aromatic nitrogens is 2. The third kappa shape index (κ3) is 3.75. The van der Waals surface area contributed by atoms with Crippen LogP contribution in [0.3, 0.4) is 0 Å². The molecular formula is C23H25N5O2. The maximum absolute atomic E-state index is 12.0. The molecule has 3 heterocycles. The Bertz CT molecular complexity index is 1120. The summed E-state index contributed by atoms with van der Waals surface area (Å²) in [5.74, 6) is 0.406. The van der Waals surface area contributed by atoms with E-state index in [0.29, 0.717) is 24.1 Å². The Morgan fingerprint density at radius 1 is 0.933 bits per heavy atom. The molecular weight excluding hydrogens is 378 g/mol. The Hall–Kier alpha value is -3.00. The van der Waals surface area contributed by atoms with Crippen LogP contribution in [-0.2, 0) is 6.54 Å². The molecule has 154 valence electrons. The normalized spacial score (nSPS) is 23.9. The quantitative estimate of drug-likeness (QED) is 0.533. The average Bonchev–Trinajstić information content (AvgIpc) is 3.20. The summed E-state index contributed by atoms with van der Waals surface area (Å²) in [4.78, 5) is 30.5. The first-order valence-electron chi connectivity index (χ1n) is 10.4. The minimum Gasteiger partial charge on any atom is -0.314 e. The third-order valence-electron chi connectivity index (χ3n) is 6.26. The molecule has 3 unspecified atom stereocenters. The number of hydrogen-bond acceptors (Lipinski definition) is 5. The van der Waals surface area contributed by atoms with Gasteiger partial charge in [-0.3, -0.25) is 20.1 Å². The maximum Gasteiger partial charge on any atom is 0.325 e. The lowest BCUT2D eigenvalue weighted by Crippen LogP contribution is -2.45. The molecule has 2 aromatic carbocycles. The smallest absolute Gasteiger partial charge is 0.314 e. The zero-order valence-electron chi connectivity index (χ0n) is 16.6. The van der Waals surface area contributed by atoms with E-state index in [1.165, 1.54) is 22.9 Å². The number of hydrogen-bond donors (Lipinski definition) is 4. The van der Waals surface area contributed by atoms with Crippen molar-refractivity contribution >= 4 is 0 Å². The van der Waals surface area contributed by atoms with E-state index in [1.807, 2.05) is 6.07 Å². The van der Waals surface area contributed by atoms with Crippen LogP contribution in [0.5, 0.6) is 0 Å². The van der Waals surface area contributed by atoms with Crippen LogP contribution in [0.25, 0.3) is 11.1 Å². The fraction of sp³-hybridized carbons (Fsp3) is 0.304. The van der Waals surface area contributed by atoms with E-state index < -0.39 is 5.69 Å². The Balaban J connectivity index is 1.31. The Kier molecular flexibility index (Phi) is 5.08. The molecule has 0 spiro atoms. The van der Waals surface area contributed by atoms with Gasteiger partial charge < -0.3 is 4.98 Å². The highest BCUT2D eigenvalue weighted by Gasteiger charge is 2.40. The van der Waals surface area contributed by atoms with Crippen molar-refractivity contribution < 1.29 is 0 Å². The topological polar surface area (TPSA) is 93.0 Å². The van der Waals surface area contributed by atoms with Crippen LogP contribution >= 0.6 is 0 Å². The summed E-state index contributed by atoms with van der Waals surface area (Å²) >= 11 is 0. The van der Waals surface area contributed by atoms with Crippen LogP contribution in [0, 0.1) is 5.92 Å². The molecule has 7 nitrogen and oxygen atoms in total. The van der Waals surface area contributed by atoms with Gasteiger partial charge in [0.1, 0.15) is 0 Å². The SMILES string of the molecule is O=c1[nH]cc(CN2CCC3NNC(c4ccc(-c5ccccc5)cc4)C3C2)c(=O)[nH]1. The van der Waals surface area contributed by atoms with E-state index in [4.69, 9.17) is 0 Å². The van der Waals surface area contributed by atoms with Crippen LogP contribution in [0.15, 0.2) is 70.4 Å². The first-order chi connectivity index (χ1) is 14.7. The number of hydrazine groups is 1. The van der Waals surface area contributed by atoms with Gasteiger partial charge in [-0.2, -0.15) is 0 Å². The lowest BCUT2D eigenvalue weighted by atomic mass is 9.84. The van der Waals surface area contributed by atoms with Crippen molar-refractivity contribution in [1.82, 2.24) is 25.7 Å². The first kappa shape index (κ1) is 19.0. The molecule has 1 aromatic heterocycles. The molecule has 3 aromatic rings. The van der Waals surface area contributed by atoms with E-state index in [9.17, 15) is 9.59 Å². The summed E-state index contributed by atoms with van der Waals surface area (Å²) in [5.41, 5.74) is 10.5. The number of nitrogens with zero attached hydrogens (tertiary/aromatic N) is 1. The third-order valence-corrected chi connectivity index (χ3v) is 6.26. The summed E-state index contributed by atoms with van der Waals surface area (Å²) < 4.78 is 0. The largest absolute Gasteiger partial charge is 0.325 e. The van der Waals surface area contributed by atoms with Crippen molar-refractivity contribution in [3.63, 3.8) is 0 Å². The second kappa shape index (κ2) is 8.02. The summed E-state index contributed by atoms with van der Waals surface area (Å²) in [6, 6.07) is 19.8. The molecule has 2 aliphatic rings. The molecule has 3 atom stereocenters. The maximum atomic E-state index is 12.0. The Morgan fingerprint density at radius 2 is 1.70 bits per heavy atom. The van der Waals surface area contributed by atoms with Gasteiger partial charge in [-0.15, -0.1) is 0 Å². The van der Waals surface area contributed by atoms with Gasteiger partial charge in [0.25, 0.3) is 5.56 Å². The minimum atomic E-state index is -0.467. The Labute approximate surface area is 174 Å². The number of nitrogens with one attached hydrogen (secondary N) is 4. The summed E-state index contributed by atoms with van der Waals surface area (Å²) in [5, 5.41) is 0. The molecule has 30 heavy (non-hydrogen) atoms. The van der Waals surface area contributed by atoms with Crippen LogP contribution in [0.2, 0.25) is 0 Å². The molecule has 0 saturated carbocycles. The zero-order chi connectivity index (χ0) is 20.5. The van der Waals surface area contributed by atoms with Gasteiger partial charge in [-0.05, 0) is 23.1 Å². The van der Waals surface area contributed by atoms with Gasteiger partial charge >= 0.3 is 5.69 Å². The first-order valence-corrected chi connectivity index (χ1v) is 10.4. The van der Waals surface area contributed by atoms with Gasteiger partial charge in [0, 0.05) is 43.4 Å². The second-order valence-corrected chi connectivity index (χ2v) is 8.15. The molecule has 2 fully saturated rings. The second-order valence-electron chi connectivity index (χ2n) is 8.15. The van der Waals surface area contributed by atoms with Crippen LogP contribution < -0.4 is 22.1 Å². The van der Waals surface area contributed by atoms with Gasteiger partial charge in [0.05, 0.1) is 6.04 Å².